The Morgan fingerprint density at radius 3 is 2.59 bits per heavy atom. The summed E-state index contributed by atoms with van der Waals surface area (Å²) in [6.07, 6.45) is 8.69. The minimum Gasteiger partial charge on any atom is -0.293 e. The Labute approximate surface area is 108 Å². The summed E-state index contributed by atoms with van der Waals surface area (Å²) in [4.78, 5) is 14.4. The predicted octanol–water partition coefficient (Wildman–Crippen LogP) is 4.91. The lowest BCUT2D eigenvalue weighted by Crippen LogP contribution is -2.09. The van der Waals surface area contributed by atoms with Gasteiger partial charge in [0.15, 0.2) is 5.78 Å². The van der Waals surface area contributed by atoms with Gasteiger partial charge in [0.05, 0.1) is 4.88 Å². The number of thiophene rings is 1. The van der Waals surface area contributed by atoms with Crippen molar-refractivity contribution in [3.05, 3.63) is 21.4 Å². The summed E-state index contributed by atoms with van der Waals surface area (Å²) in [6, 6.07) is 2.12. The summed E-state index contributed by atoms with van der Waals surface area (Å²) >= 11 is 1.66. The number of Topliss-reactive ketones (excluding diaryl/α,β-unsaturated/α-hetero) is 1. The molecule has 2 heteroatoms. The Balaban J connectivity index is 1.86. The van der Waals surface area contributed by atoms with E-state index in [2.05, 4.69) is 19.9 Å². The third-order valence-corrected chi connectivity index (χ3v) is 4.99. The lowest BCUT2D eigenvalue weighted by molar-refractivity contribution is 0.0973. The van der Waals surface area contributed by atoms with Crippen molar-refractivity contribution in [3.63, 3.8) is 0 Å². The van der Waals surface area contributed by atoms with Crippen molar-refractivity contribution in [1.29, 1.82) is 0 Å². The number of hydrogen-bond donors (Lipinski definition) is 0. The number of carbonyl (C=O) groups is 1. The van der Waals surface area contributed by atoms with Crippen molar-refractivity contribution in [1.82, 2.24) is 0 Å². The summed E-state index contributed by atoms with van der Waals surface area (Å²) in [5, 5.41) is 0. The van der Waals surface area contributed by atoms with Gasteiger partial charge in [-0.25, -0.2) is 0 Å². The quantitative estimate of drug-likeness (QED) is 0.694. The Bertz CT molecular complexity index is 386. The Morgan fingerprint density at radius 2 is 2.00 bits per heavy atom. The van der Waals surface area contributed by atoms with E-state index in [-0.39, 0.29) is 0 Å². The van der Waals surface area contributed by atoms with E-state index >= 15 is 0 Å². The second kappa shape index (κ2) is 5.81. The largest absolute Gasteiger partial charge is 0.293 e. The lowest BCUT2D eigenvalue weighted by Gasteiger charge is -2.20. The molecule has 0 N–H and O–H groups in total. The SMILES string of the molecule is Cc1cc(C)c(C(=O)CCC2CCCCC2)s1. The van der Waals surface area contributed by atoms with Crippen molar-refractivity contribution in [2.24, 2.45) is 5.92 Å². The van der Waals surface area contributed by atoms with Crippen LogP contribution in [0.4, 0.5) is 0 Å². The predicted molar refractivity (Wildman–Crippen MR) is 73.9 cm³/mol. The molecule has 1 saturated carbocycles. The first kappa shape index (κ1) is 12.8. The van der Waals surface area contributed by atoms with Crippen molar-refractivity contribution in [3.8, 4) is 0 Å². The molecule has 0 spiro atoms. The van der Waals surface area contributed by atoms with Crippen LogP contribution in [0.25, 0.3) is 0 Å². The van der Waals surface area contributed by atoms with Crippen LogP contribution in [0.2, 0.25) is 0 Å². The van der Waals surface area contributed by atoms with E-state index in [1.165, 1.54) is 42.5 Å². The number of ketones is 1. The van der Waals surface area contributed by atoms with Gasteiger partial charge in [0.25, 0.3) is 0 Å². The summed E-state index contributed by atoms with van der Waals surface area (Å²) < 4.78 is 0. The smallest absolute Gasteiger partial charge is 0.173 e. The Kier molecular flexibility index (Phi) is 4.38. The fraction of sp³-hybridized carbons (Fsp3) is 0.667. The first-order chi connectivity index (χ1) is 8.16. The minimum absolute atomic E-state index is 0.367. The van der Waals surface area contributed by atoms with Crippen LogP contribution in [0.3, 0.4) is 0 Å². The van der Waals surface area contributed by atoms with Crippen molar-refractivity contribution in [2.45, 2.75) is 58.8 Å². The van der Waals surface area contributed by atoms with Crippen molar-refractivity contribution in [2.75, 3.05) is 0 Å². The standard InChI is InChI=1S/C15H22OS/c1-11-10-12(2)17-15(11)14(16)9-8-13-6-4-3-5-7-13/h10,13H,3-9H2,1-2H3. The molecule has 1 aromatic rings. The maximum absolute atomic E-state index is 12.1. The molecule has 0 aromatic carbocycles. The monoisotopic (exact) mass is 250 g/mol. The normalized spacial score (nSPS) is 17.3. The number of aryl methyl sites for hydroxylation is 2. The summed E-state index contributed by atoms with van der Waals surface area (Å²) in [5.41, 5.74) is 1.17. The summed E-state index contributed by atoms with van der Waals surface area (Å²) in [6.45, 7) is 4.13. The van der Waals surface area contributed by atoms with Gasteiger partial charge in [-0.15, -0.1) is 11.3 Å². The van der Waals surface area contributed by atoms with Gasteiger partial charge < -0.3 is 0 Å². The van der Waals surface area contributed by atoms with Crippen molar-refractivity contribution < 1.29 is 4.79 Å². The first-order valence-electron chi connectivity index (χ1n) is 6.77. The number of hydrogen-bond acceptors (Lipinski definition) is 2. The highest BCUT2D eigenvalue weighted by Crippen LogP contribution is 2.29. The van der Waals surface area contributed by atoms with Gasteiger partial charge in [-0.2, -0.15) is 0 Å². The third-order valence-electron chi connectivity index (χ3n) is 3.80. The highest BCUT2D eigenvalue weighted by atomic mass is 32.1. The van der Waals surface area contributed by atoms with Crippen LogP contribution in [0, 0.1) is 19.8 Å². The average Bonchev–Trinajstić information content (AvgIpc) is 2.67. The molecular formula is C15H22OS. The van der Waals surface area contributed by atoms with Crippen LogP contribution in [0.15, 0.2) is 6.07 Å². The Hall–Kier alpha value is -0.630. The second-order valence-electron chi connectivity index (χ2n) is 5.34. The molecule has 1 aromatic heterocycles. The van der Waals surface area contributed by atoms with E-state index in [0.29, 0.717) is 5.78 Å². The molecular weight excluding hydrogens is 228 g/mol. The maximum Gasteiger partial charge on any atom is 0.173 e. The molecule has 0 atom stereocenters. The van der Waals surface area contributed by atoms with Crippen LogP contribution in [0.1, 0.15) is 65.1 Å². The molecule has 1 fully saturated rings. The topological polar surface area (TPSA) is 17.1 Å². The van der Waals surface area contributed by atoms with Crippen LogP contribution >= 0.6 is 11.3 Å². The number of carbonyl (C=O) groups excluding carboxylic acids is 1. The molecule has 17 heavy (non-hydrogen) atoms. The molecule has 0 bridgehead atoms. The van der Waals surface area contributed by atoms with Crippen molar-refractivity contribution >= 4 is 17.1 Å². The fourth-order valence-corrected chi connectivity index (χ4v) is 3.84. The van der Waals surface area contributed by atoms with E-state index < -0.39 is 0 Å². The van der Waals surface area contributed by atoms with E-state index in [9.17, 15) is 4.79 Å². The lowest BCUT2D eigenvalue weighted by atomic mass is 9.85. The third kappa shape index (κ3) is 3.41. The fourth-order valence-electron chi connectivity index (χ4n) is 2.84. The Morgan fingerprint density at radius 1 is 1.29 bits per heavy atom. The van der Waals surface area contributed by atoms with Crippen LogP contribution in [-0.4, -0.2) is 5.78 Å². The van der Waals surface area contributed by atoms with Gasteiger partial charge in [-0.1, -0.05) is 32.1 Å². The summed E-state index contributed by atoms with van der Waals surface area (Å²) in [7, 11) is 0. The van der Waals surface area contributed by atoms with Gasteiger partial charge >= 0.3 is 0 Å². The molecule has 1 aliphatic carbocycles. The molecule has 0 saturated heterocycles. The molecule has 0 unspecified atom stereocenters. The molecule has 0 radical (unpaired) electrons. The van der Waals surface area contributed by atoms with Gasteiger partial charge in [-0.05, 0) is 37.8 Å². The average molecular weight is 250 g/mol. The molecule has 1 aliphatic rings. The molecule has 0 aliphatic heterocycles. The molecule has 0 amide bonds. The molecule has 2 rings (SSSR count). The molecule has 1 nitrogen and oxygen atoms in total. The van der Waals surface area contributed by atoms with Crippen LogP contribution < -0.4 is 0 Å². The van der Waals surface area contributed by atoms with Gasteiger partial charge in [-0.3, -0.25) is 4.79 Å². The van der Waals surface area contributed by atoms with Gasteiger partial charge in [0, 0.05) is 11.3 Å². The highest BCUT2D eigenvalue weighted by Gasteiger charge is 2.17. The van der Waals surface area contributed by atoms with E-state index in [0.717, 1.165) is 23.6 Å². The van der Waals surface area contributed by atoms with Crippen LogP contribution in [0.5, 0.6) is 0 Å². The zero-order chi connectivity index (χ0) is 12.3. The highest BCUT2D eigenvalue weighted by molar-refractivity contribution is 7.14. The van der Waals surface area contributed by atoms with E-state index in [1.807, 2.05) is 0 Å². The zero-order valence-electron chi connectivity index (χ0n) is 10.9. The van der Waals surface area contributed by atoms with Gasteiger partial charge in [0.1, 0.15) is 0 Å². The van der Waals surface area contributed by atoms with E-state index in [4.69, 9.17) is 0 Å². The molecule has 94 valence electrons. The first-order valence-corrected chi connectivity index (χ1v) is 7.58. The van der Waals surface area contributed by atoms with E-state index in [1.54, 1.807) is 11.3 Å². The number of rotatable bonds is 4. The maximum atomic E-state index is 12.1. The zero-order valence-corrected chi connectivity index (χ0v) is 11.7. The summed E-state index contributed by atoms with van der Waals surface area (Å²) in [5.74, 6) is 1.18. The van der Waals surface area contributed by atoms with Crippen LogP contribution in [-0.2, 0) is 0 Å². The second-order valence-corrected chi connectivity index (χ2v) is 6.59. The molecule has 1 heterocycles. The van der Waals surface area contributed by atoms with Gasteiger partial charge in [0.2, 0.25) is 0 Å². The minimum atomic E-state index is 0.367.